The first-order valence-corrected chi connectivity index (χ1v) is 10.6. The van der Waals surface area contributed by atoms with E-state index in [1.165, 1.54) is 12.1 Å². The summed E-state index contributed by atoms with van der Waals surface area (Å²) in [6, 6.07) is 13.9. The molecular weight excluding hydrogens is 364 g/mol. The zero-order valence-electron chi connectivity index (χ0n) is 15.9. The molecule has 0 bridgehead atoms. The number of ether oxygens (including phenoxy) is 1. The summed E-state index contributed by atoms with van der Waals surface area (Å²) in [5.41, 5.74) is 2.64. The molecule has 0 fully saturated rings. The highest BCUT2D eigenvalue weighted by Gasteiger charge is 2.15. The third-order valence-electron chi connectivity index (χ3n) is 4.26. The summed E-state index contributed by atoms with van der Waals surface area (Å²) < 4.78 is 29.4. The van der Waals surface area contributed by atoms with E-state index < -0.39 is 15.9 Å². The molecule has 0 unspecified atom stereocenters. The summed E-state index contributed by atoms with van der Waals surface area (Å²) in [5, 5.41) is 2.66. The van der Waals surface area contributed by atoms with Crippen molar-refractivity contribution in [2.45, 2.75) is 25.7 Å². The van der Waals surface area contributed by atoms with Gasteiger partial charge in [0.15, 0.2) is 9.84 Å². The van der Waals surface area contributed by atoms with Crippen LogP contribution in [0.3, 0.4) is 0 Å². The van der Waals surface area contributed by atoms with Crippen molar-refractivity contribution in [1.29, 1.82) is 0 Å². The van der Waals surface area contributed by atoms with E-state index in [2.05, 4.69) is 24.1 Å². The zero-order valence-corrected chi connectivity index (χ0v) is 16.8. The van der Waals surface area contributed by atoms with Crippen molar-refractivity contribution in [3.8, 4) is 0 Å². The highest BCUT2D eigenvalue weighted by molar-refractivity contribution is 7.91. The van der Waals surface area contributed by atoms with Gasteiger partial charge in [0.05, 0.1) is 10.6 Å². The fraction of sp³-hybridized carbons (Fsp3) is 0.350. The molecule has 0 aromatic heterocycles. The zero-order chi connectivity index (χ0) is 19.9. The number of hydrogen-bond donors (Lipinski definition) is 1. The lowest BCUT2D eigenvalue weighted by molar-refractivity contribution is 0.168. The molecule has 1 N–H and O–H groups in total. The number of aryl methyl sites for hydroxylation is 1. The Morgan fingerprint density at radius 1 is 1.07 bits per heavy atom. The maximum absolute atomic E-state index is 12.2. The molecule has 2 aromatic carbocycles. The molecule has 0 aliphatic carbocycles. The van der Waals surface area contributed by atoms with Crippen LogP contribution in [0.5, 0.6) is 0 Å². The number of benzene rings is 2. The Morgan fingerprint density at radius 2 is 1.74 bits per heavy atom. The van der Waals surface area contributed by atoms with E-state index in [1.54, 1.807) is 18.2 Å². The SMILES string of the molecule is CCN(CC)c1ccc(NC(=O)OCCS(=O)(=O)c2ccccc2)c(C)c1. The van der Waals surface area contributed by atoms with Gasteiger partial charge in [0.25, 0.3) is 0 Å². The smallest absolute Gasteiger partial charge is 0.411 e. The lowest BCUT2D eigenvalue weighted by Crippen LogP contribution is -2.22. The number of nitrogens with zero attached hydrogens (tertiary/aromatic N) is 1. The van der Waals surface area contributed by atoms with Gasteiger partial charge in [-0.15, -0.1) is 0 Å². The monoisotopic (exact) mass is 390 g/mol. The Morgan fingerprint density at radius 3 is 2.33 bits per heavy atom. The van der Waals surface area contributed by atoms with Gasteiger partial charge in [0.2, 0.25) is 0 Å². The standard InChI is InChI=1S/C20H26N2O4S/c1-4-22(5-2)17-11-12-19(16(3)15-17)21-20(23)26-13-14-27(24,25)18-9-7-6-8-10-18/h6-12,15H,4-5,13-14H2,1-3H3,(H,21,23). The largest absolute Gasteiger partial charge is 0.448 e. The van der Waals surface area contributed by atoms with E-state index in [1.807, 2.05) is 25.1 Å². The number of carbonyl (C=O) groups excluding carboxylic acids is 1. The molecule has 0 radical (unpaired) electrons. The summed E-state index contributed by atoms with van der Waals surface area (Å²) in [6.07, 6.45) is -0.669. The maximum Gasteiger partial charge on any atom is 0.411 e. The Kier molecular flexibility index (Phi) is 7.24. The number of amides is 1. The van der Waals surface area contributed by atoms with E-state index in [-0.39, 0.29) is 17.3 Å². The second kappa shape index (κ2) is 9.41. The molecule has 27 heavy (non-hydrogen) atoms. The quantitative estimate of drug-likeness (QED) is 0.741. The summed E-state index contributed by atoms with van der Waals surface area (Å²) in [4.78, 5) is 14.4. The van der Waals surface area contributed by atoms with Crippen LogP contribution in [-0.4, -0.2) is 40.0 Å². The number of nitrogens with one attached hydrogen (secondary N) is 1. The molecular formula is C20H26N2O4S. The molecule has 146 valence electrons. The van der Waals surface area contributed by atoms with E-state index in [0.717, 1.165) is 24.3 Å². The van der Waals surface area contributed by atoms with Crippen molar-refractivity contribution >= 4 is 27.3 Å². The van der Waals surface area contributed by atoms with E-state index in [9.17, 15) is 13.2 Å². The molecule has 0 saturated heterocycles. The van der Waals surface area contributed by atoms with Crippen LogP contribution in [-0.2, 0) is 14.6 Å². The Labute approximate surface area is 161 Å². The van der Waals surface area contributed by atoms with Crippen molar-refractivity contribution < 1.29 is 17.9 Å². The normalized spacial score (nSPS) is 11.1. The summed E-state index contributed by atoms with van der Waals surface area (Å²) in [6.45, 7) is 7.68. The van der Waals surface area contributed by atoms with Crippen molar-refractivity contribution in [3.05, 3.63) is 54.1 Å². The van der Waals surface area contributed by atoms with Crippen LogP contribution in [0.1, 0.15) is 19.4 Å². The molecule has 0 heterocycles. The Balaban J connectivity index is 1.91. The molecule has 0 aliphatic rings. The molecule has 2 aromatic rings. The summed E-state index contributed by atoms with van der Waals surface area (Å²) in [7, 11) is -3.47. The van der Waals surface area contributed by atoms with Gasteiger partial charge in [-0.3, -0.25) is 5.32 Å². The topological polar surface area (TPSA) is 75.7 Å². The van der Waals surface area contributed by atoms with Crippen LogP contribution < -0.4 is 10.2 Å². The van der Waals surface area contributed by atoms with Crippen LogP contribution in [0.25, 0.3) is 0 Å². The Bertz CT molecular complexity index is 863. The minimum atomic E-state index is -3.47. The number of anilines is 2. The first-order chi connectivity index (χ1) is 12.9. The third-order valence-corrected chi connectivity index (χ3v) is 5.96. The van der Waals surface area contributed by atoms with Gasteiger partial charge in [-0.25, -0.2) is 13.2 Å². The van der Waals surface area contributed by atoms with Crippen LogP contribution in [0.4, 0.5) is 16.2 Å². The van der Waals surface area contributed by atoms with Crippen LogP contribution in [0, 0.1) is 6.92 Å². The summed E-state index contributed by atoms with van der Waals surface area (Å²) in [5.74, 6) is -0.260. The van der Waals surface area contributed by atoms with E-state index in [4.69, 9.17) is 4.74 Å². The second-order valence-electron chi connectivity index (χ2n) is 6.06. The van der Waals surface area contributed by atoms with Gasteiger partial charge in [-0.1, -0.05) is 18.2 Å². The van der Waals surface area contributed by atoms with Gasteiger partial charge in [0, 0.05) is 24.5 Å². The minimum absolute atomic E-state index is 0.209. The van der Waals surface area contributed by atoms with Crippen molar-refractivity contribution in [3.63, 3.8) is 0 Å². The average Bonchev–Trinajstić information content (AvgIpc) is 2.65. The second-order valence-corrected chi connectivity index (χ2v) is 8.17. The third kappa shape index (κ3) is 5.72. The van der Waals surface area contributed by atoms with E-state index in [0.29, 0.717) is 5.69 Å². The number of rotatable bonds is 8. The Hall–Kier alpha value is -2.54. The summed E-state index contributed by atoms with van der Waals surface area (Å²) >= 11 is 0. The predicted molar refractivity (Wildman–Crippen MR) is 108 cm³/mol. The average molecular weight is 391 g/mol. The van der Waals surface area contributed by atoms with E-state index >= 15 is 0 Å². The fourth-order valence-corrected chi connectivity index (χ4v) is 3.82. The van der Waals surface area contributed by atoms with Crippen molar-refractivity contribution in [2.24, 2.45) is 0 Å². The molecule has 6 nitrogen and oxygen atoms in total. The first kappa shape index (κ1) is 20.8. The number of sulfone groups is 1. The number of hydrogen-bond acceptors (Lipinski definition) is 5. The highest BCUT2D eigenvalue weighted by Crippen LogP contribution is 2.22. The maximum atomic E-state index is 12.2. The lowest BCUT2D eigenvalue weighted by Gasteiger charge is -2.22. The minimum Gasteiger partial charge on any atom is -0.448 e. The molecule has 7 heteroatoms. The van der Waals surface area contributed by atoms with Crippen LogP contribution in [0.15, 0.2) is 53.4 Å². The van der Waals surface area contributed by atoms with Gasteiger partial charge in [-0.2, -0.15) is 0 Å². The number of carbonyl (C=O) groups is 1. The van der Waals surface area contributed by atoms with Gasteiger partial charge >= 0.3 is 6.09 Å². The van der Waals surface area contributed by atoms with Crippen LogP contribution in [0.2, 0.25) is 0 Å². The van der Waals surface area contributed by atoms with Gasteiger partial charge in [-0.05, 0) is 56.7 Å². The molecule has 1 amide bonds. The highest BCUT2D eigenvalue weighted by atomic mass is 32.2. The lowest BCUT2D eigenvalue weighted by atomic mass is 10.1. The van der Waals surface area contributed by atoms with Crippen molar-refractivity contribution in [1.82, 2.24) is 0 Å². The van der Waals surface area contributed by atoms with Crippen LogP contribution >= 0.6 is 0 Å². The molecule has 0 spiro atoms. The molecule has 0 saturated carbocycles. The van der Waals surface area contributed by atoms with Crippen molar-refractivity contribution in [2.75, 3.05) is 35.7 Å². The molecule has 2 rings (SSSR count). The first-order valence-electron chi connectivity index (χ1n) is 8.94. The fourth-order valence-electron chi connectivity index (χ4n) is 2.71. The molecule has 0 aliphatic heterocycles. The molecule has 0 atom stereocenters. The van der Waals surface area contributed by atoms with Gasteiger partial charge < -0.3 is 9.64 Å². The van der Waals surface area contributed by atoms with Gasteiger partial charge in [0.1, 0.15) is 6.61 Å². The predicted octanol–water partition coefficient (Wildman–Crippen LogP) is 3.86.